The standard InChI is InChI=1S/C12H12O/c1-3-5-12(13)11-8-6-10(4-2)7-9-11/h3-4,6-9H,1-2,5H2. The van der Waals surface area contributed by atoms with Gasteiger partial charge in [-0.25, -0.2) is 0 Å². The predicted octanol–water partition coefficient (Wildman–Crippen LogP) is 3.09. The van der Waals surface area contributed by atoms with Gasteiger partial charge in [0, 0.05) is 12.0 Å². The number of hydrogen-bond donors (Lipinski definition) is 0. The van der Waals surface area contributed by atoms with Crippen LogP contribution in [0.5, 0.6) is 0 Å². The van der Waals surface area contributed by atoms with E-state index >= 15 is 0 Å². The molecular weight excluding hydrogens is 160 g/mol. The minimum atomic E-state index is 0.102. The van der Waals surface area contributed by atoms with E-state index < -0.39 is 0 Å². The average molecular weight is 172 g/mol. The molecule has 1 aromatic rings. The normalized spacial score (nSPS) is 9.23. The zero-order chi connectivity index (χ0) is 9.68. The molecule has 1 aromatic carbocycles. The lowest BCUT2D eigenvalue weighted by molar-refractivity contribution is 0.0996. The molecule has 0 aliphatic heterocycles. The Morgan fingerprint density at radius 1 is 1.23 bits per heavy atom. The summed E-state index contributed by atoms with van der Waals surface area (Å²) >= 11 is 0. The Labute approximate surface area is 78.4 Å². The maximum Gasteiger partial charge on any atom is 0.166 e. The summed E-state index contributed by atoms with van der Waals surface area (Å²) in [5, 5.41) is 0. The van der Waals surface area contributed by atoms with Gasteiger partial charge in [-0.2, -0.15) is 0 Å². The summed E-state index contributed by atoms with van der Waals surface area (Å²) in [5.74, 6) is 0.102. The molecule has 0 saturated heterocycles. The smallest absolute Gasteiger partial charge is 0.166 e. The summed E-state index contributed by atoms with van der Waals surface area (Å²) in [5.41, 5.74) is 1.75. The van der Waals surface area contributed by atoms with Crippen LogP contribution in [0.4, 0.5) is 0 Å². The number of benzene rings is 1. The van der Waals surface area contributed by atoms with Crippen molar-refractivity contribution in [1.29, 1.82) is 0 Å². The Morgan fingerprint density at radius 3 is 2.31 bits per heavy atom. The number of Topliss-reactive ketones (excluding diaryl/α,β-unsaturated/α-hetero) is 1. The van der Waals surface area contributed by atoms with Gasteiger partial charge >= 0.3 is 0 Å². The van der Waals surface area contributed by atoms with Crippen LogP contribution in [0.25, 0.3) is 6.08 Å². The highest BCUT2D eigenvalue weighted by Crippen LogP contribution is 2.07. The van der Waals surface area contributed by atoms with Crippen molar-refractivity contribution in [3.63, 3.8) is 0 Å². The quantitative estimate of drug-likeness (QED) is 0.504. The Bertz CT molecular complexity index is 319. The van der Waals surface area contributed by atoms with Gasteiger partial charge in [-0.1, -0.05) is 43.0 Å². The second-order valence-electron chi connectivity index (χ2n) is 2.74. The molecule has 0 aliphatic carbocycles. The molecule has 0 radical (unpaired) electrons. The molecule has 13 heavy (non-hydrogen) atoms. The molecule has 0 unspecified atom stereocenters. The lowest BCUT2D eigenvalue weighted by Crippen LogP contribution is -1.95. The molecule has 0 bridgehead atoms. The maximum absolute atomic E-state index is 11.3. The van der Waals surface area contributed by atoms with Gasteiger partial charge in [0.15, 0.2) is 5.78 Å². The largest absolute Gasteiger partial charge is 0.294 e. The van der Waals surface area contributed by atoms with Crippen LogP contribution in [-0.4, -0.2) is 5.78 Å². The van der Waals surface area contributed by atoms with E-state index in [1.165, 1.54) is 0 Å². The SMILES string of the molecule is C=CCC(=O)c1ccc(C=C)cc1. The zero-order valence-electron chi connectivity index (χ0n) is 7.49. The molecule has 0 N–H and O–H groups in total. The van der Waals surface area contributed by atoms with Crippen LogP contribution < -0.4 is 0 Å². The van der Waals surface area contributed by atoms with Crippen LogP contribution >= 0.6 is 0 Å². The molecular formula is C12H12O. The van der Waals surface area contributed by atoms with Crippen molar-refractivity contribution >= 4 is 11.9 Å². The molecule has 1 rings (SSSR count). The molecule has 0 aromatic heterocycles. The number of carbonyl (C=O) groups is 1. The van der Waals surface area contributed by atoms with Crippen LogP contribution in [0.1, 0.15) is 22.3 Å². The van der Waals surface area contributed by atoms with E-state index in [0.29, 0.717) is 6.42 Å². The lowest BCUT2D eigenvalue weighted by Gasteiger charge is -1.97. The van der Waals surface area contributed by atoms with Crippen molar-refractivity contribution in [2.75, 3.05) is 0 Å². The van der Waals surface area contributed by atoms with E-state index in [1.807, 2.05) is 24.3 Å². The number of rotatable bonds is 4. The molecule has 1 nitrogen and oxygen atoms in total. The first-order valence-corrected chi connectivity index (χ1v) is 4.14. The number of allylic oxidation sites excluding steroid dienone is 1. The molecule has 0 fully saturated rings. The molecule has 1 heteroatoms. The summed E-state index contributed by atoms with van der Waals surface area (Å²) < 4.78 is 0. The third-order valence-corrected chi connectivity index (χ3v) is 1.80. The Hall–Kier alpha value is -1.63. The Balaban J connectivity index is 2.85. The summed E-state index contributed by atoms with van der Waals surface area (Å²) in [4.78, 5) is 11.3. The van der Waals surface area contributed by atoms with E-state index in [0.717, 1.165) is 11.1 Å². The van der Waals surface area contributed by atoms with Gasteiger partial charge < -0.3 is 0 Å². The minimum absolute atomic E-state index is 0.102. The minimum Gasteiger partial charge on any atom is -0.294 e. The predicted molar refractivity (Wildman–Crippen MR) is 55.7 cm³/mol. The summed E-state index contributed by atoms with van der Waals surface area (Å²) in [6.45, 7) is 7.16. The first kappa shape index (κ1) is 9.46. The number of hydrogen-bond acceptors (Lipinski definition) is 1. The van der Waals surface area contributed by atoms with E-state index in [2.05, 4.69) is 13.2 Å². The number of carbonyl (C=O) groups excluding carboxylic acids is 1. The molecule has 0 spiro atoms. The Kier molecular flexibility index (Phi) is 3.21. The van der Waals surface area contributed by atoms with Gasteiger partial charge in [-0.15, -0.1) is 6.58 Å². The van der Waals surface area contributed by atoms with Crippen molar-refractivity contribution in [2.24, 2.45) is 0 Å². The van der Waals surface area contributed by atoms with Crippen molar-refractivity contribution in [3.05, 3.63) is 54.6 Å². The summed E-state index contributed by atoms with van der Waals surface area (Å²) in [6.07, 6.45) is 3.76. The highest BCUT2D eigenvalue weighted by molar-refractivity contribution is 5.97. The van der Waals surface area contributed by atoms with E-state index in [-0.39, 0.29) is 5.78 Å². The molecule has 0 atom stereocenters. The fraction of sp³-hybridized carbons (Fsp3) is 0.0833. The monoisotopic (exact) mass is 172 g/mol. The van der Waals surface area contributed by atoms with Gasteiger partial charge in [-0.05, 0) is 5.56 Å². The maximum atomic E-state index is 11.3. The fourth-order valence-corrected chi connectivity index (χ4v) is 1.05. The second-order valence-corrected chi connectivity index (χ2v) is 2.74. The lowest BCUT2D eigenvalue weighted by atomic mass is 10.1. The molecule has 0 heterocycles. The Morgan fingerprint density at radius 2 is 1.85 bits per heavy atom. The molecule has 66 valence electrons. The molecule has 0 amide bonds. The van der Waals surface area contributed by atoms with E-state index in [4.69, 9.17) is 0 Å². The van der Waals surface area contributed by atoms with Crippen molar-refractivity contribution in [2.45, 2.75) is 6.42 Å². The van der Waals surface area contributed by atoms with Crippen LogP contribution in [0.15, 0.2) is 43.5 Å². The second kappa shape index (κ2) is 4.41. The first-order valence-electron chi connectivity index (χ1n) is 4.14. The fourth-order valence-electron chi connectivity index (χ4n) is 1.05. The molecule has 0 saturated carbocycles. The molecule has 0 aliphatic rings. The van der Waals surface area contributed by atoms with Gasteiger partial charge in [0.1, 0.15) is 0 Å². The van der Waals surface area contributed by atoms with Crippen LogP contribution in [0.3, 0.4) is 0 Å². The van der Waals surface area contributed by atoms with Crippen LogP contribution in [0.2, 0.25) is 0 Å². The van der Waals surface area contributed by atoms with Gasteiger partial charge in [0.25, 0.3) is 0 Å². The van der Waals surface area contributed by atoms with Crippen LogP contribution in [-0.2, 0) is 0 Å². The highest BCUT2D eigenvalue weighted by atomic mass is 16.1. The zero-order valence-corrected chi connectivity index (χ0v) is 7.49. The number of ketones is 1. The van der Waals surface area contributed by atoms with Gasteiger partial charge in [-0.3, -0.25) is 4.79 Å². The van der Waals surface area contributed by atoms with Crippen molar-refractivity contribution in [3.8, 4) is 0 Å². The third kappa shape index (κ3) is 2.41. The van der Waals surface area contributed by atoms with Gasteiger partial charge in [0.2, 0.25) is 0 Å². The van der Waals surface area contributed by atoms with Crippen molar-refractivity contribution < 1.29 is 4.79 Å². The highest BCUT2D eigenvalue weighted by Gasteiger charge is 2.01. The first-order chi connectivity index (χ1) is 6.27. The van der Waals surface area contributed by atoms with E-state index in [9.17, 15) is 4.79 Å². The topological polar surface area (TPSA) is 17.1 Å². The van der Waals surface area contributed by atoms with Gasteiger partial charge in [0.05, 0.1) is 0 Å². The van der Waals surface area contributed by atoms with Crippen LogP contribution in [0, 0.1) is 0 Å². The van der Waals surface area contributed by atoms with Crippen molar-refractivity contribution in [1.82, 2.24) is 0 Å². The van der Waals surface area contributed by atoms with E-state index in [1.54, 1.807) is 12.2 Å². The average Bonchev–Trinajstić information content (AvgIpc) is 2.18. The third-order valence-electron chi connectivity index (χ3n) is 1.80. The summed E-state index contributed by atoms with van der Waals surface area (Å²) in [6, 6.07) is 7.37. The summed E-state index contributed by atoms with van der Waals surface area (Å²) in [7, 11) is 0.